The van der Waals surface area contributed by atoms with Gasteiger partial charge in [0.2, 0.25) is 0 Å². The molecule has 0 radical (unpaired) electrons. The van der Waals surface area contributed by atoms with E-state index in [-0.39, 0.29) is 11.7 Å². The van der Waals surface area contributed by atoms with E-state index < -0.39 is 0 Å². The molecule has 0 aliphatic carbocycles. The first-order valence-electron chi connectivity index (χ1n) is 9.88. The quantitative estimate of drug-likeness (QED) is 0.549. The zero-order valence-corrected chi connectivity index (χ0v) is 16.5. The fourth-order valence-electron chi connectivity index (χ4n) is 3.53. The lowest BCUT2D eigenvalue weighted by Crippen LogP contribution is -2.36. The minimum absolute atomic E-state index is 0.335. The van der Waals surface area contributed by atoms with Crippen LogP contribution in [0.4, 0.5) is 15.9 Å². The summed E-state index contributed by atoms with van der Waals surface area (Å²) in [5.41, 5.74) is 2.06. The third-order valence-electron chi connectivity index (χ3n) is 5.09. The van der Waals surface area contributed by atoms with E-state index >= 15 is 0 Å². The summed E-state index contributed by atoms with van der Waals surface area (Å²) >= 11 is 0. The highest BCUT2D eigenvalue weighted by atomic mass is 19.1. The number of imidazole rings is 1. The lowest BCUT2D eigenvalue weighted by Gasteiger charge is -2.28. The van der Waals surface area contributed by atoms with Crippen LogP contribution in [0.5, 0.6) is 0 Å². The SMILES string of the molecule is O=C(Nc1ccnc(N2CCOCC2)c1)c1ccnn2cc(-c3ccccc3F)nc12. The molecule has 8 nitrogen and oxygen atoms in total. The minimum atomic E-state index is -0.385. The molecule has 5 rings (SSSR count). The monoisotopic (exact) mass is 418 g/mol. The van der Waals surface area contributed by atoms with Gasteiger partial charge in [0.05, 0.1) is 30.7 Å². The van der Waals surface area contributed by atoms with Crippen molar-refractivity contribution in [2.45, 2.75) is 0 Å². The molecule has 0 unspecified atom stereocenters. The lowest BCUT2D eigenvalue weighted by atomic mass is 10.1. The topological polar surface area (TPSA) is 84.7 Å². The van der Waals surface area contributed by atoms with E-state index in [0.29, 0.717) is 41.4 Å². The van der Waals surface area contributed by atoms with Crippen molar-refractivity contribution in [1.29, 1.82) is 0 Å². The van der Waals surface area contributed by atoms with Gasteiger partial charge in [-0.1, -0.05) is 12.1 Å². The van der Waals surface area contributed by atoms with E-state index in [0.717, 1.165) is 18.9 Å². The second-order valence-electron chi connectivity index (χ2n) is 7.08. The summed E-state index contributed by atoms with van der Waals surface area (Å²) in [5, 5.41) is 7.10. The molecule has 0 atom stereocenters. The molecule has 31 heavy (non-hydrogen) atoms. The lowest BCUT2D eigenvalue weighted by molar-refractivity contribution is 0.102. The Labute approximate surface area is 177 Å². The summed E-state index contributed by atoms with van der Waals surface area (Å²) in [6.45, 7) is 2.81. The van der Waals surface area contributed by atoms with E-state index in [4.69, 9.17) is 4.74 Å². The van der Waals surface area contributed by atoms with Gasteiger partial charge in [-0.15, -0.1) is 0 Å². The smallest absolute Gasteiger partial charge is 0.259 e. The van der Waals surface area contributed by atoms with Crippen LogP contribution in [0.3, 0.4) is 0 Å². The Morgan fingerprint density at radius 3 is 2.77 bits per heavy atom. The molecule has 1 N–H and O–H groups in total. The summed E-state index contributed by atoms with van der Waals surface area (Å²) in [7, 11) is 0. The normalized spacial score (nSPS) is 14.0. The summed E-state index contributed by atoms with van der Waals surface area (Å²) in [4.78, 5) is 24.0. The Kier molecular flexibility index (Phi) is 5.01. The molecule has 3 aromatic heterocycles. The van der Waals surface area contributed by atoms with Crippen LogP contribution in [-0.4, -0.2) is 51.8 Å². The van der Waals surface area contributed by atoms with Gasteiger partial charge in [0, 0.05) is 42.8 Å². The first kappa shape index (κ1) is 19.1. The number of nitrogens with one attached hydrogen (secondary N) is 1. The number of morpholine rings is 1. The maximum absolute atomic E-state index is 14.2. The number of aromatic nitrogens is 4. The van der Waals surface area contributed by atoms with E-state index in [9.17, 15) is 9.18 Å². The average molecular weight is 418 g/mol. The number of halogens is 1. The molecule has 156 valence electrons. The number of ether oxygens (including phenoxy) is 1. The zero-order chi connectivity index (χ0) is 21.2. The van der Waals surface area contributed by atoms with Gasteiger partial charge in [-0.3, -0.25) is 4.79 Å². The van der Waals surface area contributed by atoms with Crippen LogP contribution in [-0.2, 0) is 4.74 Å². The van der Waals surface area contributed by atoms with Crippen LogP contribution in [0.15, 0.2) is 61.1 Å². The van der Waals surface area contributed by atoms with Crippen LogP contribution in [0, 0.1) is 5.82 Å². The minimum Gasteiger partial charge on any atom is -0.378 e. The number of rotatable bonds is 4. The third-order valence-corrected chi connectivity index (χ3v) is 5.09. The van der Waals surface area contributed by atoms with Gasteiger partial charge in [0.15, 0.2) is 5.65 Å². The molecule has 1 aromatic carbocycles. The number of carbonyl (C=O) groups excluding carboxylic acids is 1. The number of pyridine rings is 1. The summed E-state index contributed by atoms with van der Waals surface area (Å²) in [6, 6.07) is 11.5. The predicted molar refractivity (Wildman–Crippen MR) is 114 cm³/mol. The van der Waals surface area contributed by atoms with Gasteiger partial charge < -0.3 is 15.0 Å². The van der Waals surface area contributed by atoms with Gasteiger partial charge in [0.1, 0.15) is 11.6 Å². The van der Waals surface area contributed by atoms with Crippen LogP contribution in [0.25, 0.3) is 16.9 Å². The molecule has 0 bridgehead atoms. The van der Waals surface area contributed by atoms with Gasteiger partial charge >= 0.3 is 0 Å². The fraction of sp³-hybridized carbons (Fsp3) is 0.182. The van der Waals surface area contributed by atoms with E-state index in [1.807, 2.05) is 6.07 Å². The number of carbonyl (C=O) groups is 1. The van der Waals surface area contributed by atoms with Crippen molar-refractivity contribution in [2.75, 3.05) is 36.5 Å². The number of benzene rings is 1. The van der Waals surface area contributed by atoms with Crippen molar-refractivity contribution in [1.82, 2.24) is 19.6 Å². The number of hydrogen-bond acceptors (Lipinski definition) is 6. The van der Waals surface area contributed by atoms with Crippen LogP contribution in [0.1, 0.15) is 10.4 Å². The average Bonchev–Trinajstić information content (AvgIpc) is 3.24. The van der Waals surface area contributed by atoms with E-state index in [1.54, 1.807) is 42.7 Å². The van der Waals surface area contributed by atoms with Crippen molar-refractivity contribution in [2.24, 2.45) is 0 Å². The highest BCUT2D eigenvalue weighted by molar-refractivity contribution is 6.08. The Morgan fingerprint density at radius 1 is 1.10 bits per heavy atom. The molecule has 1 aliphatic rings. The highest BCUT2D eigenvalue weighted by Crippen LogP contribution is 2.24. The second-order valence-corrected chi connectivity index (χ2v) is 7.08. The van der Waals surface area contributed by atoms with Crippen LogP contribution < -0.4 is 10.2 Å². The molecule has 1 amide bonds. The number of amides is 1. The van der Waals surface area contributed by atoms with E-state index in [1.165, 1.54) is 16.8 Å². The molecule has 1 fully saturated rings. The number of fused-ring (bicyclic) bond motifs is 1. The van der Waals surface area contributed by atoms with Gasteiger partial charge in [-0.2, -0.15) is 5.10 Å². The molecule has 4 heterocycles. The summed E-state index contributed by atoms with van der Waals surface area (Å²) in [6.07, 6.45) is 4.78. The molecule has 0 saturated carbocycles. The number of nitrogens with zero attached hydrogens (tertiary/aromatic N) is 5. The maximum Gasteiger partial charge on any atom is 0.259 e. The molecule has 9 heteroatoms. The standard InChI is InChI=1S/C22H19FN6O2/c23-18-4-2-1-3-16(18)19-14-29-21(27-19)17(6-8-25-29)22(30)26-15-5-7-24-20(13-15)28-9-11-31-12-10-28/h1-8,13-14H,9-12H2,(H,24,26,30). The Hall–Kier alpha value is -3.85. The van der Waals surface area contributed by atoms with Crippen molar-refractivity contribution in [3.8, 4) is 11.3 Å². The number of anilines is 2. The molecule has 1 aliphatic heterocycles. The van der Waals surface area contributed by atoms with E-state index in [2.05, 4.69) is 25.3 Å². The maximum atomic E-state index is 14.2. The fourth-order valence-corrected chi connectivity index (χ4v) is 3.53. The summed E-state index contributed by atoms with van der Waals surface area (Å²) < 4.78 is 21.0. The Bertz CT molecular complexity index is 1250. The summed E-state index contributed by atoms with van der Waals surface area (Å²) in [5.74, 6) is 0.0603. The van der Waals surface area contributed by atoms with Crippen molar-refractivity contribution >= 4 is 23.1 Å². The van der Waals surface area contributed by atoms with Gasteiger partial charge in [-0.25, -0.2) is 18.9 Å². The second kappa shape index (κ2) is 8.11. The first-order valence-corrected chi connectivity index (χ1v) is 9.88. The Morgan fingerprint density at radius 2 is 1.94 bits per heavy atom. The predicted octanol–water partition coefficient (Wildman–Crippen LogP) is 3.02. The molecule has 0 spiro atoms. The van der Waals surface area contributed by atoms with Gasteiger partial charge in [-0.05, 0) is 24.3 Å². The van der Waals surface area contributed by atoms with Gasteiger partial charge in [0.25, 0.3) is 5.91 Å². The van der Waals surface area contributed by atoms with Crippen LogP contribution >= 0.6 is 0 Å². The third kappa shape index (κ3) is 3.82. The zero-order valence-electron chi connectivity index (χ0n) is 16.5. The molecular formula is C22H19FN6O2. The van der Waals surface area contributed by atoms with Crippen molar-refractivity contribution in [3.05, 3.63) is 72.4 Å². The molecular weight excluding hydrogens is 399 g/mol. The van der Waals surface area contributed by atoms with Crippen molar-refractivity contribution < 1.29 is 13.9 Å². The van der Waals surface area contributed by atoms with Crippen molar-refractivity contribution in [3.63, 3.8) is 0 Å². The largest absolute Gasteiger partial charge is 0.378 e. The first-order chi connectivity index (χ1) is 15.2. The van der Waals surface area contributed by atoms with Crippen LogP contribution in [0.2, 0.25) is 0 Å². The Balaban J connectivity index is 1.43. The highest BCUT2D eigenvalue weighted by Gasteiger charge is 2.17. The molecule has 4 aromatic rings. The molecule has 1 saturated heterocycles. The number of hydrogen-bond donors (Lipinski definition) is 1.